The highest BCUT2D eigenvalue weighted by atomic mass is 79.9. The monoisotopic (exact) mass is 342 g/mol. The molecule has 0 unspecified atom stereocenters. The molecule has 0 aromatic carbocycles. The predicted octanol–water partition coefficient (Wildman–Crippen LogP) is 2.66. The molecule has 0 bridgehead atoms. The van der Waals surface area contributed by atoms with Crippen LogP contribution in [0.5, 0.6) is 0 Å². The normalized spacial score (nSPS) is 11.4. The SMILES string of the molecule is CC(C)C(CNC(=O)Cn1cc(Br)ccc1=O)C(C)C. The largest absolute Gasteiger partial charge is 0.354 e. The summed E-state index contributed by atoms with van der Waals surface area (Å²) < 4.78 is 2.19. The van der Waals surface area contributed by atoms with Crippen LogP contribution in [0.25, 0.3) is 0 Å². The van der Waals surface area contributed by atoms with Crippen LogP contribution in [0, 0.1) is 17.8 Å². The zero-order valence-electron chi connectivity index (χ0n) is 12.5. The van der Waals surface area contributed by atoms with E-state index >= 15 is 0 Å². The molecular formula is C15H23BrN2O2. The Balaban J connectivity index is 2.60. The summed E-state index contributed by atoms with van der Waals surface area (Å²) in [7, 11) is 0. The average Bonchev–Trinajstić information content (AvgIpc) is 2.33. The number of carbonyl (C=O) groups excluding carboxylic acids is 1. The van der Waals surface area contributed by atoms with Crippen molar-refractivity contribution in [2.75, 3.05) is 6.54 Å². The van der Waals surface area contributed by atoms with Crippen molar-refractivity contribution < 1.29 is 4.79 Å². The van der Waals surface area contributed by atoms with Crippen LogP contribution in [0.3, 0.4) is 0 Å². The zero-order chi connectivity index (χ0) is 15.3. The maximum absolute atomic E-state index is 11.9. The van der Waals surface area contributed by atoms with Crippen molar-refractivity contribution in [3.05, 3.63) is 33.2 Å². The molecule has 1 N–H and O–H groups in total. The van der Waals surface area contributed by atoms with Crippen molar-refractivity contribution in [1.29, 1.82) is 0 Å². The van der Waals surface area contributed by atoms with Gasteiger partial charge in [-0.2, -0.15) is 0 Å². The standard InChI is InChI=1S/C15H23BrN2O2/c1-10(2)13(11(3)4)7-17-14(19)9-18-8-12(16)5-6-15(18)20/h5-6,8,10-11,13H,7,9H2,1-4H3,(H,17,19). The molecule has 0 saturated carbocycles. The number of rotatable bonds is 6. The van der Waals surface area contributed by atoms with Crippen LogP contribution in [-0.2, 0) is 11.3 Å². The summed E-state index contributed by atoms with van der Waals surface area (Å²) in [5.41, 5.74) is -0.174. The number of hydrogen-bond acceptors (Lipinski definition) is 2. The molecule has 0 aliphatic rings. The predicted molar refractivity (Wildman–Crippen MR) is 84.6 cm³/mol. The van der Waals surface area contributed by atoms with Gasteiger partial charge in [0, 0.05) is 23.3 Å². The lowest BCUT2D eigenvalue weighted by Gasteiger charge is -2.25. The first kappa shape index (κ1) is 17.0. The molecule has 0 spiro atoms. The maximum atomic E-state index is 11.9. The molecule has 1 amide bonds. The first-order chi connectivity index (χ1) is 9.31. The summed E-state index contributed by atoms with van der Waals surface area (Å²) in [5.74, 6) is 1.35. The minimum absolute atomic E-state index is 0.0567. The number of hydrogen-bond donors (Lipinski definition) is 1. The molecule has 0 saturated heterocycles. The molecule has 0 fully saturated rings. The molecule has 0 aliphatic heterocycles. The molecule has 0 radical (unpaired) electrons. The van der Waals surface area contributed by atoms with Crippen molar-refractivity contribution >= 4 is 21.8 Å². The van der Waals surface area contributed by atoms with E-state index < -0.39 is 0 Å². The summed E-state index contributed by atoms with van der Waals surface area (Å²) in [6, 6.07) is 3.12. The van der Waals surface area contributed by atoms with E-state index in [2.05, 4.69) is 48.9 Å². The number of aromatic nitrogens is 1. The Hall–Kier alpha value is -1.10. The molecule has 0 atom stereocenters. The Morgan fingerprint density at radius 1 is 1.25 bits per heavy atom. The molecule has 0 aliphatic carbocycles. The molecule has 5 heteroatoms. The van der Waals surface area contributed by atoms with Gasteiger partial charge < -0.3 is 9.88 Å². The van der Waals surface area contributed by atoms with Gasteiger partial charge in [0.15, 0.2) is 0 Å². The highest BCUT2D eigenvalue weighted by Crippen LogP contribution is 2.19. The minimum Gasteiger partial charge on any atom is -0.354 e. The lowest BCUT2D eigenvalue weighted by atomic mass is 9.85. The van der Waals surface area contributed by atoms with Gasteiger partial charge in [-0.3, -0.25) is 9.59 Å². The second-order valence-electron chi connectivity index (χ2n) is 5.77. The number of carbonyl (C=O) groups is 1. The topological polar surface area (TPSA) is 51.1 Å². The summed E-state index contributed by atoms with van der Waals surface area (Å²) in [4.78, 5) is 23.6. The number of pyridine rings is 1. The van der Waals surface area contributed by atoms with E-state index in [0.717, 1.165) is 4.47 Å². The molecule has 20 heavy (non-hydrogen) atoms. The first-order valence-corrected chi connectivity index (χ1v) is 7.73. The number of nitrogens with one attached hydrogen (secondary N) is 1. The molecule has 112 valence electrons. The summed E-state index contributed by atoms with van der Waals surface area (Å²) >= 11 is 3.30. The third kappa shape index (κ3) is 5.12. The fraction of sp³-hybridized carbons (Fsp3) is 0.600. The van der Waals surface area contributed by atoms with Gasteiger partial charge in [0.2, 0.25) is 5.91 Å². The van der Waals surface area contributed by atoms with Gasteiger partial charge >= 0.3 is 0 Å². The second kappa shape index (κ2) is 7.62. The molecule has 1 aromatic rings. The van der Waals surface area contributed by atoms with E-state index in [1.807, 2.05) is 0 Å². The van der Waals surface area contributed by atoms with Crippen molar-refractivity contribution in [3.8, 4) is 0 Å². The number of nitrogens with zero attached hydrogens (tertiary/aromatic N) is 1. The van der Waals surface area contributed by atoms with Crippen molar-refractivity contribution in [2.24, 2.45) is 17.8 Å². The number of amides is 1. The van der Waals surface area contributed by atoms with Gasteiger partial charge in [0.1, 0.15) is 6.54 Å². The number of halogens is 1. The van der Waals surface area contributed by atoms with Gasteiger partial charge in [-0.25, -0.2) is 0 Å². The maximum Gasteiger partial charge on any atom is 0.251 e. The smallest absolute Gasteiger partial charge is 0.251 e. The van der Waals surface area contributed by atoms with Gasteiger partial charge in [-0.1, -0.05) is 27.7 Å². The Morgan fingerprint density at radius 3 is 2.40 bits per heavy atom. The van der Waals surface area contributed by atoms with Gasteiger partial charge in [-0.05, 0) is 39.8 Å². The van der Waals surface area contributed by atoms with Crippen molar-refractivity contribution in [1.82, 2.24) is 9.88 Å². The van der Waals surface area contributed by atoms with E-state index in [1.54, 1.807) is 12.3 Å². The van der Waals surface area contributed by atoms with Gasteiger partial charge in [-0.15, -0.1) is 0 Å². The van der Waals surface area contributed by atoms with Gasteiger partial charge in [0.05, 0.1) is 0 Å². The molecule has 1 heterocycles. The Morgan fingerprint density at radius 2 is 1.85 bits per heavy atom. The second-order valence-corrected chi connectivity index (χ2v) is 6.69. The Labute approximate surface area is 128 Å². The van der Waals surface area contributed by atoms with E-state index in [-0.39, 0.29) is 18.0 Å². The van der Waals surface area contributed by atoms with Crippen LogP contribution in [0.1, 0.15) is 27.7 Å². The summed E-state index contributed by atoms with van der Waals surface area (Å²) in [6.45, 7) is 9.36. The third-order valence-corrected chi connectivity index (χ3v) is 3.98. The Bertz CT molecular complexity index is 501. The van der Waals surface area contributed by atoms with E-state index in [9.17, 15) is 9.59 Å². The average molecular weight is 343 g/mol. The van der Waals surface area contributed by atoms with Crippen LogP contribution in [-0.4, -0.2) is 17.0 Å². The van der Waals surface area contributed by atoms with Crippen LogP contribution in [0.2, 0.25) is 0 Å². The van der Waals surface area contributed by atoms with E-state index in [4.69, 9.17) is 0 Å². The minimum atomic E-state index is -0.174. The fourth-order valence-electron chi connectivity index (χ4n) is 2.31. The van der Waals surface area contributed by atoms with Gasteiger partial charge in [0.25, 0.3) is 5.56 Å². The van der Waals surface area contributed by atoms with Crippen LogP contribution in [0.15, 0.2) is 27.6 Å². The quantitative estimate of drug-likeness (QED) is 0.863. The van der Waals surface area contributed by atoms with Crippen molar-refractivity contribution in [3.63, 3.8) is 0 Å². The fourth-order valence-corrected chi connectivity index (χ4v) is 2.69. The van der Waals surface area contributed by atoms with E-state index in [1.165, 1.54) is 10.6 Å². The van der Waals surface area contributed by atoms with E-state index in [0.29, 0.717) is 24.3 Å². The lowest BCUT2D eigenvalue weighted by Crippen LogP contribution is -2.37. The van der Waals surface area contributed by atoms with Crippen LogP contribution < -0.4 is 10.9 Å². The Kier molecular flexibility index (Phi) is 6.46. The van der Waals surface area contributed by atoms with Crippen LogP contribution >= 0.6 is 15.9 Å². The molecule has 4 nitrogen and oxygen atoms in total. The third-order valence-electron chi connectivity index (χ3n) is 3.51. The molecule has 1 aromatic heterocycles. The first-order valence-electron chi connectivity index (χ1n) is 6.94. The molecule has 1 rings (SSSR count). The highest BCUT2D eigenvalue weighted by Gasteiger charge is 2.18. The molecular weight excluding hydrogens is 320 g/mol. The summed E-state index contributed by atoms with van der Waals surface area (Å²) in [5, 5.41) is 2.93. The zero-order valence-corrected chi connectivity index (χ0v) is 14.1. The lowest BCUT2D eigenvalue weighted by molar-refractivity contribution is -0.122. The van der Waals surface area contributed by atoms with Crippen LogP contribution in [0.4, 0.5) is 0 Å². The summed E-state index contributed by atoms with van der Waals surface area (Å²) in [6.07, 6.45) is 1.63. The highest BCUT2D eigenvalue weighted by molar-refractivity contribution is 9.10. The van der Waals surface area contributed by atoms with Crippen molar-refractivity contribution in [2.45, 2.75) is 34.2 Å².